The Morgan fingerprint density at radius 1 is 1.26 bits per heavy atom. The lowest BCUT2D eigenvalue weighted by atomic mass is 9.79. The molecule has 5 heteroatoms. The second-order valence-electron chi connectivity index (χ2n) is 6.55. The fourth-order valence-corrected chi connectivity index (χ4v) is 2.14. The Morgan fingerprint density at radius 3 is 2.26 bits per heavy atom. The molecule has 1 saturated heterocycles. The van der Waals surface area contributed by atoms with Crippen LogP contribution in [0.5, 0.6) is 0 Å². The van der Waals surface area contributed by atoms with Gasteiger partial charge in [0.05, 0.1) is 11.2 Å². The molecule has 0 aromatic rings. The van der Waals surface area contributed by atoms with Crippen molar-refractivity contribution in [1.29, 1.82) is 0 Å². The molecule has 0 spiro atoms. The Labute approximate surface area is 116 Å². The van der Waals surface area contributed by atoms with Crippen LogP contribution in [0, 0.1) is 5.92 Å². The summed E-state index contributed by atoms with van der Waals surface area (Å²) in [5.41, 5.74) is 5.80. The second-order valence-corrected chi connectivity index (χ2v) is 6.55. The lowest BCUT2D eigenvalue weighted by molar-refractivity contribution is 0.00578. The number of hydrogen-bond donors (Lipinski definition) is 1. The number of nitrogens with zero attached hydrogens (tertiary/aromatic N) is 1. The van der Waals surface area contributed by atoms with Gasteiger partial charge in [-0.2, -0.15) is 0 Å². The van der Waals surface area contributed by atoms with Gasteiger partial charge < -0.3 is 15.0 Å². The predicted octanol–water partition coefficient (Wildman–Crippen LogP) is 2.33. The lowest BCUT2D eigenvalue weighted by Gasteiger charge is -2.32. The van der Waals surface area contributed by atoms with Gasteiger partial charge in [-0.15, -0.1) is 0 Å². The summed E-state index contributed by atoms with van der Waals surface area (Å²) < 4.78 is 11.9. The van der Waals surface area contributed by atoms with Gasteiger partial charge >= 0.3 is 7.12 Å². The minimum absolute atomic E-state index is 0.340. The zero-order chi connectivity index (χ0) is 14.1. The van der Waals surface area contributed by atoms with E-state index in [4.69, 9.17) is 15.0 Å². The third-order valence-electron chi connectivity index (χ3n) is 4.55. The quantitative estimate of drug-likeness (QED) is 0.626. The summed E-state index contributed by atoms with van der Waals surface area (Å²) in [7, 11) is -0.417. The van der Waals surface area contributed by atoms with Crippen LogP contribution >= 0.6 is 0 Å². The van der Waals surface area contributed by atoms with Crippen molar-refractivity contribution >= 4 is 13.3 Å². The predicted molar refractivity (Wildman–Crippen MR) is 79.1 cm³/mol. The zero-order valence-electron chi connectivity index (χ0n) is 12.5. The van der Waals surface area contributed by atoms with Crippen molar-refractivity contribution in [3.63, 3.8) is 0 Å². The van der Waals surface area contributed by atoms with Gasteiger partial charge in [-0.3, -0.25) is 4.99 Å². The number of aliphatic imine (C=N–C) groups is 1. The summed E-state index contributed by atoms with van der Waals surface area (Å²) in [5, 5.41) is 0. The molecular weight excluding hydrogens is 239 g/mol. The summed E-state index contributed by atoms with van der Waals surface area (Å²) >= 11 is 0. The molecule has 0 atom stereocenters. The highest BCUT2D eigenvalue weighted by Crippen LogP contribution is 2.38. The molecule has 0 aromatic carbocycles. The number of rotatable bonds is 4. The van der Waals surface area contributed by atoms with Gasteiger partial charge in [-0.25, -0.2) is 0 Å². The standard InChI is InChI=1S/C14H25BN2O2/c1-13(2)14(3,4)19-15(18-13)12(8-16)10-17-9-11-6-5-7-11/h8,10-11H,5-7,9,16H2,1-4H3. The van der Waals surface area contributed by atoms with E-state index in [1.165, 1.54) is 25.5 Å². The third kappa shape index (κ3) is 3.03. The maximum atomic E-state index is 5.95. The minimum atomic E-state index is -0.417. The first-order valence-corrected chi connectivity index (χ1v) is 7.13. The molecule has 0 unspecified atom stereocenters. The van der Waals surface area contributed by atoms with E-state index >= 15 is 0 Å². The van der Waals surface area contributed by atoms with Gasteiger partial charge in [0.2, 0.25) is 0 Å². The number of hydrogen-bond acceptors (Lipinski definition) is 4. The van der Waals surface area contributed by atoms with Crippen LogP contribution in [-0.4, -0.2) is 31.1 Å². The zero-order valence-corrected chi connectivity index (χ0v) is 12.5. The van der Waals surface area contributed by atoms with E-state index in [-0.39, 0.29) is 11.2 Å². The van der Waals surface area contributed by atoms with E-state index in [1.807, 2.05) is 27.7 Å². The highest BCUT2D eigenvalue weighted by molar-refractivity contribution is 6.60. The lowest BCUT2D eigenvalue weighted by Crippen LogP contribution is -2.41. The maximum absolute atomic E-state index is 5.95. The van der Waals surface area contributed by atoms with Crippen LogP contribution in [-0.2, 0) is 9.31 Å². The summed E-state index contributed by atoms with van der Waals surface area (Å²) in [6, 6.07) is 0. The molecule has 0 radical (unpaired) electrons. The van der Waals surface area contributed by atoms with E-state index in [2.05, 4.69) is 4.99 Å². The molecule has 0 bridgehead atoms. The van der Waals surface area contributed by atoms with Crippen LogP contribution in [0.4, 0.5) is 0 Å². The smallest absolute Gasteiger partial charge is 0.405 e. The van der Waals surface area contributed by atoms with E-state index in [9.17, 15) is 0 Å². The van der Waals surface area contributed by atoms with Crippen molar-refractivity contribution < 1.29 is 9.31 Å². The largest absolute Gasteiger partial charge is 0.497 e. The van der Waals surface area contributed by atoms with E-state index in [0.29, 0.717) is 0 Å². The first kappa shape index (κ1) is 14.6. The minimum Gasteiger partial charge on any atom is -0.405 e. The molecular formula is C14H25BN2O2. The normalized spacial score (nSPS) is 26.9. The van der Waals surface area contributed by atoms with Crippen molar-refractivity contribution in [2.75, 3.05) is 6.54 Å². The van der Waals surface area contributed by atoms with Gasteiger partial charge in [0.15, 0.2) is 0 Å². The van der Waals surface area contributed by atoms with Crippen molar-refractivity contribution in [2.45, 2.75) is 58.2 Å². The van der Waals surface area contributed by atoms with Crippen molar-refractivity contribution in [3.05, 3.63) is 11.7 Å². The highest BCUT2D eigenvalue weighted by atomic mass is 16.7. The van der Waals surface area contributed by atoms with Crippen LogP contribution in [0.2, 0.25) is 0 Å². The Balaban J connectivity index is 1.95. The average molecular weight is 264 g/mol. The molecule has 0 aromatic heterocycles. The summed E-state index contributed by atoms with van der Waals surface area (Å²) in [5.74, 6) is 0.758. The van der Waals surface area contributed by atoms with Gasteiger partial charge in [0.1, 0.15) is 0 Å². The molecule has 2 N–H and O–H groups in total. The summed E-state index contributed by atoms with van der Waals surface area (Å²) in [6.45, 7) is 9.02. The van der Waals surface area contributed by atoms with Crippen LogP contribution in [0.25, 0.3) is 0 Å². The molecule has 1 saturated carbocycles. The Bertz CT molecular complexity index is 371. The monoisotopic (exact) mass is 264 g/mol. The molecule has 106 valence electrons. The van der Waals surface area contributed by atoms with E-state index in [1.54, 1.807) is 6.21 Å². The Morgan fingerprint density at radius 2 is 1.84 bits per heavy atom. The first-order chi connectivity index (χ1) is 8.86. The second kappa shape index (κ2) is 5.29. The van der Waals surface area contributed by atoms with Gasteiger partial charge in [-0.1, -0.05) is 6.42 Å². The number of nitrogens with two attached hydrogens (primary N) is 1. The Kier molecular flexibility index (Phi) is 4.07. The third-order valence-corrected chi connectivity index (χ3v) is 4.55. The molecule has 1 aliphatic heterocycles. The first-order valence-electron chi connectivity index (χ1n) is 7.13. The topological polar surface area (TPSA) is 56.8 Å². The van der Waals surface area contributed by atoms with Crippen LogP contribution in [0.15, 0.2) is 16.7 Å². The number of allylic oxidation sites excluding steroid dienone is 1. The van der Waals surface area contributed by atoms with E-state index < -0.39 is 7.12 Å². The van der Waals surface area contributed by atoms with Gasteiger partial charge in [-0.05, 0) is 52.7 Å². The average Bonchev–Trinajstić information content (AvgIpc) is 2.45. The Hall–Kier alpha value is -0.805. The maximum Gasteiger partial charge on any atom is 0.497 e. The summed E-state index contributed by atoms with van der Waals surface area (Å²) in [4.78, 5) is 4.47. The fourth-order valence-electron chi connectivity index (χ4n) is 2.14. The van der Waals surface area contributed by atoms with Crippen LogP contribution in [0.3, 0.4) is 0 Å². The molecule has 0 amide bonds. The van der Waals surface area contributed by atoms with E-state index in [0.717, 1.165) is 17.9 Å². The SMILES string of the molecule is CC1(C)OB(C(C=NCC2CCC2)=CN)OC1(C)C. The molecule has 2 aliphatic rings. The van der Waals surface area contributed by atoms with Gasteiger partial charge in [0, 0.05) is 18.2 Å². The molecule has 4 nitrogen and oxygen atoms in total. The molecule has 2 rings (SSSR count). The molecule has 1 heterocycles. The fraction of sp³-hybridized carbons (Fsp3) is 0.786. The van der Waals surface area contributed by atoms with Crippen molar-refractivity contribution in [3.8, 4) is 0 Å². The van der Waals surface area contributed by atoms with Crippen LogP contribution in [0.1, 0.15) is 47.0 Å². The van der Waals surface area contributed by atoms with Crippen molar-refractivity contribution in [2.24, 2.45) is 16.6 Å². The van der Waals surface area contributed by atoms with Crippen molar-refractivity contribution in [1.82, 2.24) is 0 Å². The molecule has 1 aliphatic carbocycles. The highest BCUT2D eigenvalue weighted by Gasteiger charge is 2.52. The molecule has 19 heavy (non-hydrogen) atoms. The van der Waals surface area contributed by atoms with Gasteiger partial charge in [0.25, 0.3) is 0 Å². The van der Waals surface area contributed by atoms with Crippen LogP contribution < -0.4 is 5.73 Å². The molecule has 2 fully saturated rings. The summed E-state index contributed by atoms with van der Waals surface area (Å²) in [6.07, 6.45) is 7.29.